The fraction of sp³-hybridized carbons (Fsp3) is 0.650. The van der Waals surface area contributed by atoms with Gasteiger partial charge in [0.15, 0.2) is 10.8 Å². The zero-order valence-corrected chi connectivity index (χ0v) is 18.3. The number of amides is 1. The number of hydrogen-bond acceptors (Lipinski definition) is 6. The molecule has 0 bridgehead atoms. The summed E-state index contributed by atoms with van der Waals surface area (Å²) in [6.07, 6.45) is 2.00. The van der Waals surface area contributed by atoms with Crippen molar-refractivity contribution in [3.05, 3.63) is 12.1 Å². The summed E-state index contributed by atoms with van der Waals surface area (Å²) in [7, 11) is 0. The maximum atomic E-state index is 12.2. The minimum Gasteiger partial charge on any atom is -0.444 e. The third-order valence-corrected chi connectivity index (χ3v) is 6.17. The number of imidazole rings is 1. The van der Waals surface area contributed by atoms with Gasteiger partial charge in [0.1, 0.15) is 11.4 Å². The Morgan fingerprint density at radius 1 is 1.18 bits per heavy atom. The van der Waals surface area contributed by atoms with Crippen molar-refractivity contribution >= 4 is 34.8 Å². The third-order valence-electron chi connectivity index (χ3n) is 4.75. The summed E-state index contributed by atoms with van der Waals surface area (Å²) in [6.45, 7) is 12.8. The number of aromatic nitrogens is 3. The van der Waals surface area contributed by atoms with Crippen molar-refractivity contribution < 1.29 is 9.53 Å². The smallest absolute Gasteiger partial charge is 0.410 e. The van der Waals surface area contributed by atoms with E-state index in [2.05, 4.69) is 28.7 Å². The third kappa shape index (κ3) is 5.10. The monoisotopic (exact) mass is 405 g/mol. The van der Waals surface area contributed by atoms with Gasteiger partial charge in [0.25, 0.3) is 0 Å². The predicted octanol–water partition coefficient (Wildman–Crippen LogP) is 4.30. The summed E-state index contributed by atoms with van der Waals surface area (Å²) in [4.78, 5) is 29.0. The van der Waals surface area contributed by atoms with Gasteiger partial charge in [0.05, 0.1) is 5.52 Å². The van der Waals surface area contributed by atoms with Gasteiger partial charge in [-0.3, -0.25) is 0 Å². The molecule has 1 amide bonds. The number of fused-ring (bicyclic) bond motifs is 1. The number of anilines is 1. The lowest BCUT2D eigenvalue weighted by Crippen LogP contribution is -2.50. The Hall–Kier alpha value is -1.96. The lowest BCUT2D eigenvalue weighted by atomic mass is 10.2. The zero-order chi connectivity index (χ0) is 20.3. The van der Waals surface area contributed by atoms with Gasteiger partial charge in [-0.1, -0.05) is 25.6 Å². The standard InChI is InChI=1S/C20H31N5O2S/c1-6-14(7-2)28-18-21-15-8-9-16(22-17(15)23-18)24-10-12-25(13-11-24)19(26)27-20(3,4)5/h8-9,14H,6-7,10-13H2,1-5H3,(H,21,22,23). The van der Waals surface area contributed by atoms with Crippen LogP contribution in [0.25, 0.3) is 11.2 Å². The number of piperazine rings is 1. The number of nitrogens with zero attached hydrogens (tertiary/aromatic N) is 4. The number of thioether (sulfide) groups is 1. The van der Waals surface area contributed by atoms with Crippen LogP contribution in [-0.4, -0.2) is 63.0 Å². The van der Waals surface area contributed by atoms with E-state index in [9.17, 15) is 4.79 Å². The van der Waals surface area contributed by atoms with Crippen molar-refractivity contribution in [3.8, 4) is 0 Å². The molecule has 1 aliphatic rings. The Labute approximate surface area is 171 Å². The molecule has 28 heavy (non-hydrogen) atoms. The Bertz CT molecular complexity index is 805. The molecule has 1 N–H and O–H groups in total. The molecule has 8 heteroatoms. The Morgan fingerprint density at radius 2 is 1.86 bits per heavy atom. The van der Waals surface area contributed by atoms with E-state index in [1.807, 2.05) is 32.9 Å². The second-order valence-electron chi connectivity index (χ2n) is 8.09. The van der Waals surface area contributed by atoms with E-state index in [-0.39, 0.29) is 6.09 Å². The minimum absolute atomic E-state index is 0.245. The number of rotatable bonds is 5. The number of hydrogen-bond donors (Lipinski definition) is 1. The van der Waals surface area contributed by atoms with E-state index in [1.165, 1.54) is 0 Å². The summed E-state index contributed by atoms with van der Waals surface area (Å²) >= 11 is 1.79. The summed E-state index contributed by atoms with van der Waals surface area (Å²) in [6, 6.07) is 4.07. The van der Waals surface area contributed by atoms with Gasteiger partial charge in [-0.05, 0) is 45.7 Å². The number of carbonyl (C=O) groups is 1. The summed E-state index contributed by atoms with van der Waals surface area (Å²) in [5.41, 5.74) is 1.25. The molecule has 0 spiro atoms. The van der Waals surface area contributed by atoms with Crippen LogP contribution in [-0.2, 0) is 4.74 Å². The molecule has 2 aromatic heterocycles. The van der Waals surface area contributed by atoms with Gasteiger partial charge >= 0.3 is 6.09 Å². The van der Waals surface area contributed by atoms with Crippen molar-refractivity contribution in [1.29, 1.82) is 0 Å². The second kappa shape index (κ2) is 8.59. The van der Waals surface area contributed by atoms with Crippen molar-refractivity contribution in [2.75, 3.05) is 31.1 Å². The molecule has 3 rings (SSSR count). The normalized spacial score (nSPS) is 15.5. The van der Waals surface area contributed by atoms with Gasteiger partial charge < -0.3 is 19.5 Å². The molecule has 0 aliphatic carbocycles. The van der Waals surface area contributed by atoms with Crippen LogP contribution in [0.15, 0.2) is 17.3 Å². The molecule has 3 heterocycles. The quantitative estimate of drug-likeness (QED) is 0.748. The number of H-pyrrole nitrogens is 1. The number of nitrogens with one attached hydrogen (secondary N) is 1. The van der Waals surface area contributed by atoms with Gasteiger partial charge in [-0.25, -0.2) is 14.8 Å². The fourth-order valence-electron chi connectivity index (χ4n) is 3.15. The average Bonchev–Trinajstić information content (AvgIpc) is 3.06. The van der Waals surface area contributed by atoms with Crippen molar-refractivity contribution in [1.82, 2.24) is 19.9 Å². The largest absolute Gasteiger partial charge is 0.444 e. The Balaban J connectivity index is 1.64. The predicted molar refractivity (Wildman–Crippen MR) is 114 cm³/mol. The van der Waals surface area contributed by atoms with Crippen LogP contribution >= 0.6 is 11.8 Å². The SMILES string of the molecule is CCC(CC)Sc1nc2nc(N3CCN(C(=O)OC(C)(C)C)CC3)ccc2[nH]1. The fourth-order valence-corrected chi connectivity index (χ4v) is 4.11. The molecule has 2 aromatic rings. The van der Waals surface area contributed by atoms with Crippen LogP contribution in [0.4, 0.5) is 10.6 Å². The number of ether oxygens (including phenoxy) is 1. The van der Waals surface area contributed by atoms with Gasteiger partial charge in [-0.15, -0.1) is 0 Å². The topological polar surface area (TPSA) is 74.3 Å². The first-order chi connectivity index (χ1) is 13.3. The molecule has 1 fully saturated rings. The highest BCUT2D eigenvalue weighted by molar-refractivity contribution is 7.99. The highest BCUT2D eigenvalue weighted by Crippen LogP contribution is 2.27. The van der Waals surface area contributed by atoms with E-state index in [1.54, 1.807) is 16.7 Å². The van der Waals surface area contributed by atoms with E-state index < -0.39 is 5.60 Å². The molecule has 0 saturated carbocycles. The molecule has 0 atom stereocenters. The Kier molecular flexibility index (Phi) is 6.37. The zero-order valence-electron chi connectivity index (χ0n) is 17.5. The van der Waals surface area contributed by atoms with E-state index in [0.29, 0.717) is 18.3 Å². The molecular formula is C20H31N5O2S. The Morgan fingerprint density at radius 3 is 2.46 bits per heavy atom. The van der Waals surface area contributed by atoms with Crippen molar-refractivity contribution in [3.63, 3.8) is 0 Å². The van der Waals surface area contributed by atoms with Crippen LogP contribution in [0.2, 0.25) is 0 Å². The molecule has 7 nitrogen and oxygen atoms in total. The maximum Gasteiger partial charge on any atom is 0.410 e. The highest BCUT2D eigenvalue weighted by atomic mass is 32.2. The first kappa shape index (κ1) is 20.8. The van der Waals surface area contributed by atoms with Crippen LogP contribution < -0.4 is 4.90 Å². The summed E-state index contributed by atoms with van der Waals surface area (Å²) in [5.74, 6) is 0.905. The highest BCUT2D eigenvalue weighted by Gasteiger charge is 2.26. The van der Waals surface area contributed by atoms with E-state index in [4.69, 9.17) is 9.72 Å². The van der Waals surface area contributed by atoms with Gasteiger partial charge in [-0.2, -0.15) is 0 Å². The van der Waals surface area contributed by atoms with Gasteiger partial charge in [0, 0.05) is 31.4 Å². The maximum absolute atomic E-state index is 12.2. The molecule has 1 aliphatic heterocycles. The van der Waals surface area contributed by atoms with E-state index in [0.717, 1.165) is 48.1 Å². The number of carbonyl (C=O) groups excluding carboxylic acids is 1. The first-order valence-electron chi connectivity index (χ1n) is 10.1. The van der Waals surface area contributed by atoms with Crippen LogP contribution in [0, 0.1) is 0 Å². The van der Waals surface area contributed by atoms with Crippen LogP contribution in [0.3, 0.4) is 0 Å². The molecule has 0 unspecified atom stereocenters. The van der Waals surface area contributed by atoms with Crippen LogP contribution in [0.5, 0.6) is 0 Å². The molecule has 0 aromatic carbocycles. The minimum atomic E-state index is -0.467. The summed E-state index contributed by atoms with van der Waals surface area (Å²) < 4.78 is 5.46. The van der Waals surface area contributed by atoms with Crippen molar-refractivity contribution in [2.45, 2.75) is 63.5 Å². The average molecular weight is 406 g/mol. The second-order valence-corrected chi connectivity index (χ2v) is 9.38. The van der Waals surface area contributed by atoms with Gasteiger partial charge in [0.2, 0.25) is 0 Å². The molecule has 0 radical (unpaired) electrons. The molecule has 154 valence electrons. The lowest BCUT2D eigenvalue weighted by molar-refractivity contribution is 0.0240. The molecule has 1 saturated heterocycles. The van der Waals surface area contributed by atoms with Crippen molar-refractivity contribution in [2.24, 2.45) is 0 Å². The van der Waals surface area contributed by atoms with E-state index >= 15 is 0 Å². The number of aromatic amines is 1. The number of pyridine rings is 1. The molecular weight excluding hydrogens is 374 g/mol. The summed E-state index contributed by atoms with van der Waals surface area (Å²) in [5, 5.41) is 1.50. The van der Waals surface area contributed by atoms with Crippen LogP contribution in [0.1, 0.15) is 47.5 Å². The lowest BCUT2D eigenvalue weighted by Gasteiger charge is -2.36. The first-order valence-corrected chi connectivity index (χ1v) is 10.9.